The number of hydrogen-bond acceptors (Lipinski definition) is 6. The normalized spacial score (nSPS) is 11.9. The van der Waals surface area contributed by atoms with Crippen LogP contribution >= 0.6 is 15.9 Å². The van der Waals surface area contributed by atoms with Gasteiger partial charge < -0.3 is 4.74 Å². The minimum absolute atomic E-state index is 0.0747. The second-order valence-corrected chi connectivity index (χ2v) is 10.4. The van der Waals surface area contributed by atoms with Crippen LogP contribution in [0.1, 0.15) is 16.7 Å². The number of rotatable bonds is 5. The lowest BCUT2D eigenvalue weighted by Gasteiger charge is -2.12. The molecule has 0 spiro atoms. The Morgan fingerprint density at radius 2 is 1.85 bits per heavy atom. The number of nitriles is 1. The zero-order valence-electron chi connectivity index (χ0n) is 18.2. The highest BCUT2D eigenvalue weighted by Crippen LogP contribution is 2.28. The number of pyridine rings is 1. The van der Waals surface area contributed by atoms with Crippen molar-refractivity contribution < 1.29 is 13.2 Å². The molecule has 0 amide bonds. The number of ether oxygens (including phenoxy) is 1. The summed E-state index contributed by atoms with van der Waals surface area (Å²) in [6.07, 6.45) is 2.55. The Bertz CT molecular complexity index is 1650. The Kier molecular flexibility index (Phi) is 6.37. The molecule has 0 fully saturated rings. The Morgan fingerprint density at radius 1 is 1.12 bits per heavy atom. The van der Waals surface area contributed by atoms with Gasteiger partial charge in [-0.25, -0.2) is 8.42 Å². The average Bonchev–Trinajstić information content (AvgIpc) is 2.80. The van der Waals surface area contributed by atoms with Gasteiger partial charge in [0.2, 0.25) is 15.7 Å². The predicted octanol–water partition coefficient (Wildman–Crippen LogP) is 5.20. The maximum Gasteiger partial charge on any atom is 0.269 e. The summed E-state index contributed by atoms with van der Waals surface area (Å²) in [4.78, 5) is 17.2. The van der Waals surface area contributed by atoms with Crippen molar-refractivity contribution in [1.29, 1.82) is 5.26 Å². The maximum absolute atomic E-state index is 13.4. The first-order valence-electron chi connectivity index (χ1n) is 10.1. The summed E-state index contributed by atoms with van der Waals surface area (Å²) in [5, 5.41) is 9.73. The van der Waals surface area contributed by atoms with Crippen molar-refractivity contribution in [3.8, 4) is 17.7 Å². The molecule has 34 heavy (non-hydrogen) atoms. The zero-order valence-corrected chi connectivity index (χ0v) is 20.6. The van der Waals surface area contributed by atoms with Crippen LogP contribution in [0.4, 0.5) is 0 Å². The summed E-state index contributed by atoms with van der Waals surface area (Å²) in [5.74, 6) is 0.331. The van der Waals surface area contributed by atoms with Crippen molar-refractivity contribution in [2.75, 3.05) is 0 Å². The molecule has 0 unspecified atom stereocenters. The molecule has 0 aliphatic carbocycles. The second-order valence-electron chi connectivity index (χ2n) is 7.52. The van der Waals surface area contributed by atoms with Gasteiger partial charge in [-0.15, -0.1) is 0 Å². The SMILES string of the molecule is Cc1cccc(Oc2nc3c(C)cccn3c(=O)c2C=C(C#N)S(=O)(=O)c2ccc(Br)cc2)c1. The van der Waals surface area contributed by atoms with Gasteiger partial charge >= 0.3 is 0 Å². The number of sulfone groups is 1. The Balaban J connectivity index is 1.96. The number of aryl methyl sites for hydroxylation is 2. The molecule has 0 radical (unpaired) electrons. The van der Waals surface area contributed by atoms with Crippen molar-refractivity contribution in [2.24, 2.45) is 0 Å². The molecule has 0 N–H and O–H groups in total. The van der Waals surface area contributed by atoms with Crippen molar-refractivity contribution in [3.63, 3.8) is 0 Å². The summed E-state index contributed by atoms with van der Waals surface area (Å²) in [5.41, 5.74) is 1.31. The predicted molar refractivity (Wildman–Crippen MR) is 132 cm³/mol. The van der Waals surface area contributed by atoms with E-state index in [1.807, 2.05) is 13.0 Å². The Morgan fingerprint density at radius 3 is 2.53 bits per heavy atom. The Hall–Kier alpha value is -3.74. The van der Waals surface area contributed by atoms with E-state index in [1.54, 1.807) is 55.5 Å². The fourth-order valence-electron chi connectivity index (χ4n) is 3.33. The van der Waals surface area contributed by atoms with Gasteiger partial charge in [0.1, 0.15) is 27.9 Å². The van der Waals surface area contributed by atoms with Gasteiger partial charge in [0.15, 0.2) is 0 Å². The van der Waals surface area contributed by atoms with Crippen LogP contribution in [0.2, 0.25) is 0 Å². The first-order chi connectivity index (χ1) is 16.2. The monoisotopic (exact) mass is 535 g/mol. The highest BCUT2D eigenvalue weighted by Gasteiger charge is 2.24. The fourth-order valence-corrected chi connectivity index (χ4v) is 4.73. The van der Waals surface area contributed by atoms with Crippen LogP contribution in [0.5, 0.6) is 11.6 Å². The first-order valence-corrected chi connectivity index (χ1v) is 12.4. The van der Waals surface area contributed by atoms with E-state index in [-0.39, 0.29) is 16.3 Å². The van der Waals surface area contributed by atoms with Gasteiger partial charge in [-0.2, -0.15) is 10.2 Å². The highest BCUT2D eigenvalue weighted by molar-refractivity contribution is 9.10. The molecule has 0 atom stereocenters. The molecule has 170 valence electrons. The van der Waals surface area contributed by atoms with Crippen LogP contribution in [0, 0.1) is 25.2 Å². The van der Waals surface area contributed by atoms with E-state index >= 15 is 0 Å². The minimum atomic E-state index is -4.19. The van der Waals surface area contributed by atoms with Crippen molar-refractivity contribution in [2.45, 2.75) is 18.7 Å². The van der Waals surface area contributed by atoms with Gasteiger partial charge in [-0.3, -0.25) is 9.20 Å². The van der Waals surface area contributed by atoms with E-state index < -0.39 is 20.3 Å². The van der Waals surface area contributed by atoms with E-state index in [0.29, 0.717) is 15.9 Å². The lowest BCUT2D eigenvalue weighted by atomic mass is 10.2. The molecule has 7 nitrogen and oxygen atoms in total. The third kappa shape index (κ3) is 4.51. The van der Waals surface area contributed by atoms with Gasteiger partial charge in [0.05, 0.1) is 4.90 Å². The van der Waals surface area contributed by atoms with Crippen LogP contribution in [0.25, 0.3) is 11.7 Å². The maximum atomic E-state index is 13.4. The van der Waals surface area contributed by atoms with Crippen LogP contribution < -0.4 is 10.3 Å². The molecule has 2 heterocycles. The molecule has 0 saturated carbocycles. The molecule has 4 rings (SSSR count). The van der Waals surface area contributed by atoms with Gasteiger partial charge in [-0.05, 0) is 73.5 Å². The molecule has 2 aromatic heterocycles. The minimum Gasteiger partial charge on any atom is -0.438 e. The molecule has 4 aromatic rings. The largest absolute Gasteiger partial charge is 0.438 e. The van der Waals surface area contributed by atoms with E-state index in [1.165, 1.54) is 22.7 Å². The summed E-state index contributed by atoms with van der Waals surface area (Å²) in [6, 6.07) is 18.2. The summed E-state index contributed by atoms with van der Waals surface area (Å²) in [6.45, 7) is 3.69. The van der Waals surface area contributed by atoms with Gasteiger partial charge in [-0.1, -0.05) is 34.1 Å². The molecule has 0 aliphatic rings. The summed E-state index contributed by atoms with van der Waals surface area (Å²) >= 11 is 3.26. The highest BCUT2D eigenvalue weighted by atomic mass is 79.9. The van der Waals surface area contributed by atoms with Crippen LogP contribution in [0.15, 0.2) is 85.9 Å². The van der Waals surface area contributed by atoms with Crippen molar-refractivity contribution in [3.05, 3.63) is 103 Å². The third-order valence-corrected chi connectivity index (χ3v) is 7.26. The lowest BCUT2D eigenvalue weighted by molar-refractivity contribution is 0.460. The van der Waals surface area contributed by atoms with Crippen molar-refractivity contribution >= 4 is 37.5 Å². The summed E-state index contributed by atoms with van der Waals surface area (Å²) in [7, 11) is -4.19. The number of aromatic nitrogens is 2. The molecule has 0 saturated heterocycles. The number of hydrogen-bond donors (Lipinski definition) is 0. The molecule has 2 aromatic carbocycles. The van der Waals surface area contributed by atoms with E-state index in [2.05, 4.69) is 20.9 Å². The van der Waals surface area contributed by atoms with Crippen molar-refractivity contribution in [1.82, 2.24) is 9.38 Å². The number of allylic oxidation sites excluding steroid dienone is 1. The molecule has 9 heteroatoms. The van der Waals surface area contributed by atoms with E-state index in [9.17, 15) is 18.5 Å². The second kappa shape index (κ2) is 9.25. The topological polar surface area (TPSA) is 102 Å². The molecular weight excluding hydrogens is 518 g/mol. The summed E-state index contributed by atoms with van der Waals surface area (Å²) < 4.78 is 34.2. The smallest absolute Gasteiger partial charge is 0.269 e. The zero-order chi connectivity index (χ0) is 24.5. The van der Waals surface area contributed by atoms with Gasteiger partial charge in [0, 0.05) is 10.7 Å². The number of benzene rings is 2. The molecular formula is C25H18BrN3O4S. The Labute approximate surface area is 204 Å². The molecule has 0 aliphatic heterocycles. The van der Waals surface area contributed by atoms with Gasteiger partial charge in [0.25, 0.3) is 5.56 Å². The standard InChI is InChI=1S/C25H18BrN3O4S/c1-16-5-3-7-19(13-16)33-24-22(25(30)29-12-4-6-17(2)23(29)28-24)14-21(15-27)34(31,32)20-10-8-18(26)9-11-20/h3-14H,1-2H3. The number of nitrogens with zero attached hydrogens (tertiary/aromatic N) is 3. The van der Waals surface area contributed by atoms with Crippen LogP contribution in [-0.4, -0.2) is 17.8 Å². The quantitative estimate of drug-likeness (QED) is 0.325. The fraction of sp³-hybridized carbons (Fsp3) is 0.0800. The van der Waals surface area contributed by atoms with E-state index in [0.717, 1.165) is 17.2 Å². The number of fused-ring (bicyclic) bond motifs is 1. The molecule has 0 bridgehead atoms. The lowest BCUT2D eigenvalue weighted by Crippen LogP contribution is -2.20. The third-order valence-electron chi connectivity index (χ3n) is 5.05. The van der Waals surface area contributed by atoms with Crippen LogP contribution in [-0.2, 0) is 9.84 Å². The van der Waals surface area contributed by atoms with E-state index in [4.69, 9.17) is 4.74 Å². The number of halogens is 1. The average molecular weight is 536 g/mol. The first kappa shape index (κ1) is 23.4. The van der Waals surface area contributed by atoms with Crippen LogP contribution in [0.3, 0.4) is 0 Å².